The van der Waals surface area contributed by atoms with Crippen LogP contribution in [0.5, 0.6) is 0 Å². The number of imide groups is 1. The van der Waals surface area contributed by atoms with Crippen molar-refractivity contribution in [2.45, 2.75) is 142 Å². The summed E-state index contributed by atoms with van der Waals surface area (Å²) in [6.07, 6.45) is -2.17. The summed E-state index contributed by atoms with van der Waals surface area (Å²) in [6, 6.07) is 16.3. The number of anilines is 1. The van der Waals surface area contributed by atoms with E-state index >= 15 is 0 Å². The fraction of sp³-hybridized carbons (Fsp3) is 0.511. The average Bonchev–Trinajstić information content (AvgIpc) is 3.96. The van der Waals surface area contributed by atoms with E-state index in [0.717, 1.165) is 22.3 Å². The molecule has 4 atom stereocenters. The summed E-state index contributed by atoms with van der Waals surface area (Å²) in [5.41, 5.74) is 2.88. The second-order valence-electron chi connectivity index (χ2n) is 19.7. The molecule has 2 amide bonds. The Hall–Kier alpha value is -4.78. The molecule has 1 aliphatic heterocycles. The van der Waals surface area contributed by atoms with Gasteiger partial charge in [0, 0.05) is 18.2 Å². The standard InChI is InChI=1S/C47H61ClN6O9SSi/c1-14-58-40(55)47(35-26-64-28-50-35,24-30-19-21-31(22-20-30)33-18-16-15-17-29(33)2)59-25-32-23-34(63-65(12,13)46(9,10)11)39(60-32)53-27-49-36-37(53)51-41(48)52-38(36)54(42(56)61-44(3,4)5)43(57)62-45(6,7)8/h15-22,26-28,32,34,39H,14,23-25H2,1-13H3/t32-,34+,39+,47?/m0/s1. The molecule has 4 heterocycles. The molecule has 3 aromatic heterocycles. The second kappa shape index (κ2) is 19.2. The molecule has 15 nitrogen and oxygen atoms in total. The molecular weight excluding hydrogens is 888 g/mol. The molecule has 0 radical (unpaired) electrons. The van der Waals surface area contributed by atoms with Gasteiger partial charge in [-0.05, 0) is 107 Å². The number of fused-ring (bicyclic) bond motifs is 1. The highest BCUT2D eigenvalue weighted by molar-refractivity contribution is 7.07. The first-order valence-corrected chi connectivity index (χ1v) is 25.9. The van der Waals surface area contributed by atoms with Crippen LogP contribution in [0.25, 0.3) is 22.3 Å². The van der Waals surface area contributed by atoms with Gasteiger partial charge in [0.1, 0.15) is 11.2 Å². The highest BCUT2D eigenvalue weighted by Crippen LogP contribution is 2.44. The van der Waals surface area contributed by atoms with Gasteiger partial charge in [0.25, 0.3) is 0 Å². The van der Waals surface area contributed by atoms with Crippen molar-refractivity contribution in [2.24, 2.45) is 0 Å². The quantitative estimate of drug-likeness (QED) is 0.0474. The van der Waals surface area contributed by atoms with Gasteiger partial charge in [0.15, 0.2) is 31.5 Å². The third-order valence-electron chi connectivity index (χ3n) is 11.2. The molecule has 1 saturated heterocycles. The lowest BCUT2D eigenvalue weighted by Gasteiger charge is -2.39. The maximum Gasteiger partial charge on any atom is 0.425 e. The number of rotatable bonds is 13. The van der Waals surface area contributed by atoms with Crippen LogP contribution in [0.1, 0.15) is 98.7 Å². The van der Waals surface area contributed by atoms with E-state index in [-0.39, 0.29) is 46.9 Å². The number of aryl methyl sites for hydroxylation is 1. The zero-order chi connectivity index (χ0) is 47.7. The number of aromatic nitrogens is 5. The van der Waals surface area contributed by atoms with E-state index in [1.165, 1.54) is 17.7 Å². The van der Waals surface area contributed by atoms with Gasteiger partial charge >= 0.3 is 18.2 Å². The van der Waals surface area contributed by atoms with Crippen LogP contribution >= 0.6 is 22.9 Å². The maximum absolute atomic E-state index is 14.3. The SMILES string of the molecule is CCOC(=O)C(Cc1ccc(-c2ccccc2C)cc1)(OC[C@@H]1C[C@@H](O[Si](C)(C)C(C)(C)C)[C@H](n2cnc3c(N(C(=O)OC(C)(C)C)C(=O)OC(C)(C)C)nc(Cl)nc32)O1)c1cscn1. The van der Waals surface area contributed by atoms with E-state index in [1.807, 2.05) is 36.4 Å². The first-order chi connectivity index (χ1) is 30.3. The summed E-state index contributed by atoms with van der Waals surface area (Å²) in [6.45, 7) is 24.7. The highest BCUT2D eigenvalue weighted by atomic mass is 35.5. The number of carbonyl (C=O) groups is 3. The molecular formula is C47H61ClN6O9SSi. The monoisotopic (exact) mass is 948 g/mol. The molecule has 18 heteroatoms. The van der Waals surface area contributed by atoms with Gasteiger partial charge in [-0.15, -0.1) is 11.3 Å². The summed E-state index contributed by atoms with van der Waals surface area (Å²) < 4.78 is 39.4. The van der Waals surface area contributed by atoms with E-state index in [4.69, 9.17) is 39.7 Å². The average molecular weight is 950 g/mol. The Bertz CT molecular complexity index is 2450. The largest absolute Gasteiger partial charge is 0.464 e. The summed E-state index contributed by atoms with van der Waals surface area (Å²) in [5, 5.41) is 1.35. The lowest BCUT2D eigenvalue weighted by Crippen LogP contribution is -2.45. The van der Waals surface area contributed by atoms with Gasteiger partial charge in [-0.2, -0.15) is 14.9 Å². The van der Waals surface area contributed by atoms with E-state index in [0.29, 0.717) is 17.0 Å². The fourth-order valence-electron chi connectivity index (χ4n) is 7.14. The van der Waals surface area contributed by atoms with Crippen LogP contribution in [0.2, 0.25) is 23.4 Å². The van der Waals surface area contributed by atoms with Crippen LogP contribution in [0, 0.1) is 6.92 Å². The molecule has 2 aromatic carbocycles. The van der Waals surface area contributed by atoms with Gasteiger partial charge in [-0.3, -0.25) is 4.57 Å². The van der Waals surface area contributed by atoms with Crippen molar-refractivity contribution in [3.8, 4) is 11.1 Å². The molecule has 5 aromatic rings. The lowest BCUT2D eigenvalue weighted by molar-refractivity contribution is -0.181. The minimum Gasteiger partial charge on any atom is -0.464 e. The number of thiazole rings is 1. The van der Waals surface area contributed by atoms with Crippen molar-refractivity contribution in [1.29, 1.82) is 0 Å². The molecule has 65 heavy (non-hydrogen) atoms. The molecule has 0 bridgehead atoms. The Balaban J connectivity index is 1.38. The number of amides is 2. The van der Waals surface area contributed by atoms with E-state index in [9.17, 15) is 14.4 Å². The van der Waals surface area contributed by atoms with Gasteiger partial charge < -0.3 is 28.1 Å². The van der Waals surface area contributed by atoms with Crippen molar-refractivity contribution in [1.82, 2.24) is 24.5 Å². The van der Waals surface area contributed by atoms with Crippen molar-refractivity contribution in [2.75, 3.05) is 18.1 Å². The fourth-order valence-corrected chi connectivity index (χ4v) is 9.24. The first kappa shape index (κ1) is 49.6. The Morgan fingerprint density at radius 3 is 2.14 bits per heavy atom. The first-order valence-electron chi connectivity index (χ1n) is 21.7. The van der Waals surface area contributed by atoms with Crippen LogP contribution in [0.3, 0.4) is 0 Å². The second-order valence-corrected chi connectivity index (χ2v) is 25.5. The van der Waals surface area contributed by atoms with Crippen LogP contribution in [0.4, 0.5) is 15.4 Å². The maximum atomic E-state index is 14.3. The van der Waals surface area contributed by atoms with Crippen LogP contribution in [-0.2, 0) is 44.9 Å². The number of imidazole rings is 1. The summed E-state index contributed by atoms with van der Waals surface area (Å²) in [5.74, 6) is -0.812. The van der Waals surface area contributed by atoms with Crippen molar-refractivity contribution < 1.29 is 42.5 Å². The highest BCUT2D eigenvalue weighted by Gasteiger charge is 2.50. The number of carbonyl (C=O) groups excluding carboxylic acids is 3. The molecule has 0 spiro atoms. The molecule has 0 aliphatic carbocycles. The normalized spacial score (nSPS) is 18.0. The van der Waals surface area contributed by atoms with Crippen molar-refractivity contribution >= 4 is 66.4 Å². The van der Waals surface area contributed by atoms with Crippen LogP contribution in [0.15, 0.2) is 65.7 Å². The molecule has 350 valence electrons. The zero-order valence-electron chi connectivity index (χ0n) is 39.6. The Morgan fingerprint density at radius 1 is 0.923 bits per heavy atom. The smallest absolute Gasteiger partial charge is 0.425 e. The predicted molar refractivity (Wildman–Crippen MR) is 253 cm³/mol. The number of hydrogen-bond donors (Lipinski definition) is 0. The third kappa shape index (κ3) is 11.4. The van der Waals surface area contributed by atoms with E-state index in [1.54, 1.807) is 63.9 Å². The number of nitrogens with zero attached hydrogens (tertiary/aromatic N) is 6. The minimum atomic E-state index is -2.48. The summed E-state index contributed by atoms with van der Waals surface area (Å²) >= 11 is 7.95. The number of halogens is 1. The van der Waals surface area contributed by atoms with E-state index < -0.39 is 61.7 Å². The number of benzene rings is 2. The molecule has 1 aliphatic rings. The van der Waals surface area contributed by atoms with Crippen LogP contribution < -0.4 is 4.90 Å². The third-order valence-corrected chi connectivity index (χ3v) is 16.5. The number of hydrogen-bond acceptors (Lipinski definition) is 14. The Kier molecular flexibility index (Phi) is 14.7. The van der Waals surface area contributed by atoms with Gasteiger partial charge in [-0.25, -0.2) is 24.4 Å². The molecule has 1 fully saturated rings. The Morgan fingerprint density at radius 2 is 1.57 bits per heavy atom. The molecule has 0 N–H and O–H groups in total. The van der Waals surface area contributed by atoms with Gasteiger partial charge in [0.2, 0.25) is 10.9 Å². The zero-order valence-corrected chi connectivity index (χ0v) is 42.1. The van der Waals surface area contributed by atoms with Gasteiger partial charge in [-0.1, -0.05) is 69.3 Å². The predicted octanol–water partition coefficient (Wildman–Crippen LogP) is 11.0. The molecule has 6 rings (SSSR count). The van der Waals surface area contributed by atoms with Crippen molar-refractivity contribution in [3.63, 3.8) is 0 Å². The Labute approximate surface area is 391 Å². The van der Waals surface area contributed by atoms with Crippen LogP contribution in [-0.4, -0.2) is 87.6 Å². The lowest BCUT2D eigenvalue weighted by atomic mass is 9.90. The molecule has 0 saturated carbocycles. The summed E-state index contributed by atoms with van der Waals surface area (Å²) in [4.78, 5) is 60.5. The number of ether oxygens (including phenoxy) is 5. The number of esters is 1. The topological polar surface area (TPSA) is 166 Å². The minimum absolute atomic E-state index is 0.0514. The van der Waals surface area contributed by atoms with Gasteiger partial charge in [0.05, 0.1) is 43.0 Å². The summed E-state index contributed by atoms with van der Waals surface area (Å²) in [7, 11) is -2.48. The van der Waals surface area contributed by atoms with Crippen molar-refractivity contribution in [3.05, 3.63) is 87.9 Å². The van der Waals surface area contributed by atoms with E-state index in [2.05, 4.69) is 72.9 Å². The molecule has 1 unspecified atom stereocenters.